The molecule has 0 atom stereocenters. The standard InChI is InChI=1S/C25H25N3O3.C2HF3O2/c1-28(11-12-29)17-22-14-20(9-10-24(22)31-2)19-6-4-8-23(15-19)27-25(30)21-7-3-5-18(13-21)16-26;3-2(4,5)1(6)7/h3-10,13-15,29H,11-12,17H2,1-2H3,(H,27,30);(H,6,7). The van der Waals surface area contributed by atoms with Gasteiger partial charge in [0.25, 0.3) is 5.91 Å². The smallest absolute Gasteiger partial charge is 0.490 e. The lowest BCUT2D eigenvalue weighted by molar-refractivity contribution is -0.192. The summed E-state index contributed by atoms with van der Waals surface area (Å²) in [5, 5.41) is 28.2. The average molecular weight is 530 g/mol. The van der Waals surface area contributed by atoms with Crippen LogP contribution in [-0.4, -0.2) is 60.5 Å². The number of hydrogen-bond acceptors (Lipinski definition) is 6. The zero-order valence-electron chi connectivity index (χ0n) is 20.6. The number of aliphatic carboxylic acids is 1. The maximum Gasteiger partial charge on any atom is 0.490 e. The number of nitriles is 1. The summed E-state index contributed by atoms with van der Waals surface area (Å²) in [7, 11) is 3.59. The van der Waals surface area contributed by atoms with Gasteiger partial charge in [-0.25, -0.2) is 4.79 Å². The van der Waals surface area contributed by atoms with E-state index in [0.717, 1.165) is 22.4 Å². The fourth-order valence-electron chi connectivity index (χ4n) is 3.33. The number of halogens is 3. The quantitative estimate of drug-likeness (QED) is 0.391. The van der Waals surface area contributed by atoms with Crippen LogP contribution in [0.1, 0.15) is 21.5 Å². The van der Waals surface area contributed by atoms with Crippen LogP contribution in [-0.2, 0) is 11.3 Å². The van der Waals surface area contributed by atoms with Crippen LogP contribution in [0.15, 0.2) is 66.7 Å². The molecule has 0 aliphatic heterocycles. The number of nitrogens with one attached hydrogen (secondary N) is 1. The first-order valence-electron chi connectivity index (χ1n) is 11.2. The van der Waals surface area contributed by atoms with E-state index in [1.807, 2.05) is 54.4 Å². The van der Waals surface area contributed by atoms with E-state index in [2.05, 4.69) is 11.4 Å². The molecule has 0 unspecified atom stereocenters. The van der Waals surface area contributed by atoms with Crippen LogP contribution < -0.4 is 10.1 Å². The predicted molar refractivity (Wildman–Crippen MR) is 135 cm³/mol. The molecule has 0 spiro atoms. The number of rotatable bonds is 8. The Kier molecular flexibility index (Phi) is 10.8. The number of carbonyl (C=O) groups excluding carboxylic acids is 1. The summed E-state index contributed by atoms with van der Waals surface area (Å²) in [5.41, 5.74) is 4.51. The van der Waals surface area contributed by atoms with Crippen LogP contribution in [0, 0.1) is 11.3 Å². The van der Waals surface area contributed by atoms with Gasteiger partial charge in [0, 0.05) is 29.9 Å². The lowest BCUT2D eigenvalue weighted by atomic mass is 10.0. The largest absolute Gasteiger partial charge is 0.496 e. The lowest BCUT2D eigenvalue weighted by Crippen LogP contribution is -2.21. The SMILES string of the molecule is COc1ccc(-c2cccc(NC(=O)c3cccc(C#N)c3)c2)cc1CN(C)CCO.O=C(O)C(F)(F)F. The monoisotopic (exact) mass is 529 g/mol. The molecule has 3 aromatic rings. The average Bonchev–Trinajstić information content (AvgIpc) is 2.88. The number of alkyl halides is 3. The van der Waals surface area contributed by atoms with Crippen molar-refractivity contribution in [2.45, 2.75) is 12.7 Å². The molecule has 0 saturated heterocycles. The van der Waals surface area contributed by atoms with Crippen molar-refractivity contribution in [3.63, 3.8) is 0 Å². The minimum Gasteiger partial charge on any atom is -0.496 e. The van der Waals surface area contributed by atoms with Gasteiger partial charge in [-0.1, -0.05) is 24.3 Å². The molecule has 0 aliphatic rings. The molecule has 3 rings (SSSR count). The van der Waals surface area contributed by atoms with Crippen molar-refractivity contribution in [2.75, 3.05) is 32.6 Å². The number of carboxylic acid groups (broad SMARTS) is 1. The third kappa shape index (κ3) is 8.92. The van der Waals surface area contributed by atoms with E-state index in [0.29, 0.717) is 29.9 Å². The number of anilines is 1. The highest BCUT2D eigenvalue weighted by atomic mass is 19.4. The Hall–Kier alpha value is -4.40. The van der Waals surface area contributed by atoms with Crippen molar-refractivity contribution >= 4 is 17.6 Å². The minimum atomic E-state index is -5.08. The van der Waals surface area contributed by atoms with Crippen molar-refractivity contribution in [3.05, 3.63) is 83.4 Å². The Morgan fingerprint density at radius 2 is 1.71 bits per heavy atom. The van der Waals surface area contributed by atoms with Gasteiger partial charge >= 0.3 is 12.1 Å². The van der Waals surface area contributed by atoms with Crippen molar-refractivity contribution in [1.82, 2.24) is 4.90 Å². The number of amides is 1. The third-order valence-corrected chi connectivity index (χ3v) is 5.15. The molecular weight excluding hydrogens is 503 g/mol. The van der Waals surface area contributed by atoms with E-state index < -0.39 is 12.1 Å². The minimum absolute atomic E-state index is 0.0948. The summed E-state index contributed by atoms with van der Waals surface area (Å²) in [4.78, 5) is 23.5. The van der Waals surface area contributed by atoms with Crippen molar-refractivity contribution in [2.24, 2.45) is 0 Å². The van der Waals surface area contributed by atoms with Gasteiger partial charge in [-0.15, -0.1) is 0 Å². The van der Waals surface area contributed by atoms with E-state index >= 15 is 0 Å². The van der Waals surface area contributed by atoms with Crippen LogP contribution >= 0.6 is 0 Å². The number of likely N-dealkylation sites (N-methyl/N-ethyl adjacent to an activating group) is 1. The fraction of sp³-hybridized carbons (Fsp3) is 0.222. The van der Waals surface area contributed by atoms with Crippen molar-refractivity contribution in [1.29, 1.82) is 5.26 Å². The van der Waals surface area contributed by atoms with E-state index in [9.17, 15) is 18.0 Å². The van der Waals surface area contributed by atoms with Gasteiger partial charge < -0.3 is 20.3 Å². The summed E-state index contributed by atoms with van der Waals surface area (Å²) in [6.07, 6.45) is -5.08. The molecule has 0 bridgehead atoms. The first-order valence-corrected chi connectivity index (χ1v) is 11.2. The zero-order valence-corrected chi connectivity index (χ0v) is 20.6. The summed E-state index contributed by atoms with van der Waals surface area (Å²) >= 11 is 0. The molecule has 11 heteroatoms. The molecule has 0 fully saturated rings. The lowest BCUT2D eigenvalue weighted by Gasteiger charge is -2.18. The highest BCUT2D eigenvalue weighted by Crippen LogP contribution is 2.29. The van der Waals surface area contributed by atoms with Crippen molar-refractivity contribution in [3.8, 4) is 22.9 Å². The van der Waals surface area contributed by atoms with Gasteiger partial charge in [-0.2, -0.15) is 18.4 Å². The fourth-order valence-corrected chi connectivity index (χ4v) is 3.33. The number of aliphatic hydroxyl groups excluding tert-OH is 1. The topological polar surface area (TPSA) is 123 Å². The second kappa shape index (κ2) is 13.8. The summed E-state index contributed by atoms with van der Waals surface area (Å²) < 4.78 is 37.2. The molecule has 1 amide bonds. The number of carboxylic acids is 1. The van der Waals surface area contributed by atoms with E-state index in [1.165, 1.54) is 0 Å². The summed E-state index contributed by atoms with van der Waals surface area (Å²) in [5.74, 6) is -2.24. The van der Waals surface area contributed by atoms with E-state index in [4.69, 9.17) is 25.0 Å². The maximum atomic E-state index is 12.6. The van der Waals surface area contributed by atoms with Crippen LogP contribution in [0.5, 0.6) is 5.75 Å². The third-order valence-electron chi connectivity index (χ3n) is 5.15. The number of hydrogen-bond donors (Lipinski definition) is 3. The maximum absolute atomic E-state index is 12.6. The van der Waals surface area contributed by atoms with E-state index in [-0.39, 0.29) is 12.5 Å². The van der Waals surface area contributed by atoms with Gasteiger partial charge in [0.15, 0.2) is 0 Å². The van der Waals surface area contributed by atoms with Gasteiger partial charge in [-0.05, 0) is 60.6 Å². The summed E-state index contributed by atoms with van der Waals surface area (Å²) in [6, 6.07) is 22.2. The Labute approximate surface area is 217 Å². The number of carbonyl (C=O) groups is 2. The molecule has 3 aromatic carbocycles. The molecule has 38 heavy (non-hydrogen) atoms. The Balaban J connectivity index is 0.000000638. The van der Waals surface area contributed by atoms with Crippen LogP contribution in [0.4, 0.5) is 18.9 Å². The first-order chi connectivity index (χ1) is 18.0. The molecule has 0 saturated carbocycles. The second-order valence-electron chi connectivity index (χ2n) is 8.02. The number of nitrogens with zero attached hydrogens (tertiary/aromatic N) is 2. The van der Waals surface area contributed by atoms with Crippen LogP contribution in [0.25, 0.3) is 11.1 Å². The molecule has 0 aromatic heterocycles. The predicted octanol–water partition coefficient (Wildman–Crippen LogP) is 4.54. The molecule has 8 nitrogen and oxygen atoms in total. The second-order valence-corrected chi connectivity index (χ2v) is 8.02. The zero-order chi connectivity index (χ0) is 28.3. The Bertz CT molecular complexity index is 1310. The first kappa shape index (κ1) is 29.8. The summed E-state index contributed by atoms with van der Waals surface area (Å²) in [6.45, 7) is 1.31. The van der Waals surface area contributed by atoms with Crippen LogP contribution in [0.3, 0.4) is 0 Å². The van der Waals surface area contributed by atoms with Gasteiger partial charge in [0.05, 0.1) is 25.3 Å². The molecule has 0 radical (unpaired) electrons. The van der Waals surface area contributed by atoms with Crippen molar-refractivity contribution < 1.29 is 37.7 Å². The Morgan fingerprint density at radius 1 is 1.05 bits per heavy atom. The molecule has 3 N–H and O–H groups in total. The number of aliphatic hydroxyl groups is 1. The number of methoxy groups -OCH3 is 1. The number of benzene rings is 3. The van der Waals surface area contributed by atoms with Gasteiger partial charge in [-0.3, -0.25) is 9.69 Å². The molecule has 200 valence electrons. The highest BCUT2D eigenvalue weighted by molar-refractivity contribution is 6.04. The molecular formula is C27H26F3N3O5. The normalized spacial score (nSPS) is 10.7. The van der Waals surface area contributed by atoms with E-state index in [1.54, 1.807) is 31.4 Å². The van der Waals surface area contributed by atoms with Crippen LogP contribution in [0.2, 0.25) is 0 Å². The van der Waals surface area contributed by atoms with Gasteiger partial charge in [0.2, 0.25) is 0 Å². The number of ether oxygens (including phenoxy) is 1. The molecule has 0 heterocycles. The van der Waals surface area contributed by atoms with Gasteiger partial charge in [0.1, 0.15) is 5.75 Å². The Morgan fingerprint density at radius 3 is 2.32 bits per heavy atom. The highest BCUT2D eigenvalue weighted by Gasteiger charge is 2.38. The molecule has 0 aliphatic carbocycles.